The van der Waals surface area contributed by atoms with Gasteiger partial charge in [0, 0.05) is 0 Å². The van der Waals surface area contributed by atoms with E-state index in [0.717, 1.165) is 19.3 Å². The van der Waals surface area contributed by atoms with Gasteiger partial charge < -0.3 is 15.0 Å². The first-order chi connectivity index (χ1) is 9.58. The largest absolute Gasteiger partial charge is 0.481 e. The second-order valence-electron chi connectivity index (χ2n) is 4.86. The summed E-state index contributed by atoms with van der Waals surface area (Å²) in [7, 11) is 0. The number of rotatable bonds is 4. The smallest absolute Gasteiger partial charge is 0.264 e. The summed E-state index contributed by atoms with van der Waals surface area (Å²) in [6, 6.07) is 5.15. The van der Waals surface area contributed by atoms with Crippen LogP contribution in [-0.4, -0.2) is 10.1 Å². The van der Waals surface area contributed by atoms with E-state index < -0.39 is 5.54 Å². The fourth-order valence-electron chi connectivity index (χ4n) is 2.05. The molecule has 5 nitrogen and oxygen atoms in total. The molecule has 1 aromatic carbocycles. The van der Waals surface area contributed by atoms with Crippen LogP contribution in [0.2, 0.25) is 10.0 Å². The maximum atomic E-state index is 6.12. The van der Waals surface area contributed by atoms with E-state index in [9.17, 15) is 0 Å². The van der Waals surface area contributed by atoms with Crippen LogP contribution in [0.5, 0.6) is 5.75 Å². The van der Waals surface area contributed by atoms with Crippen LogP contribution in [0.25, 0.3) is 0 Å². The number of hydrogen-bond acceptors (Lipinski definition) is 5. The van der Waals surface area contributed by atoms with Crippen LogP contribution < -0.4 is 10.5 Å². The Kier molecular flexibility index (Phi) is 4.99. The molecule has 0 bridgehead atoms. The fourth-order valence-corrected chi connectivity index (χ4v) is 2.56. The number of nitrogens with two attached hydrogens (primary N) is 1. The standard InChI is InChI=1S/C13H13Cl2N3O2.ClH/c14-8-3-1-4-9(15)11(8)19-7-10-17-12(18-20-10)13(16)5-2-6-13;/h1,3-4H,2,5-7,16H2;1H. The lowest BCUT2D eigenvalue weighted by molar-refractivity contribution is 0.223. The van der Waals surface area contributed by atoms with Gasteiger partial charge in [0.05, 0.1) is 15.6 Å². The predicted octanol–water partition coefficient (Wildman–Crippen LogP) is 3.72. The minimum absolute atomic E-state index is 0. The lowest BCUT2D eigenvalue weighted by Gasteiger charge is -2.34. The molecular weight excluding hydrogens is 337 g/mol. The highest BCUT2D eigenvalue weighted by atomic mass is 35.5. The van der Waals surface area contributed by atoms with E-state index in [1.807, 2.05) is 0 Å². The quantitative estimate of drug-likeness (QED) is 0.909. The molecular formula is C13H14Cl3N3O2. The molecule has 21 heavy (non-hydrogen) atoms. The zero-order chi connectivity index (χ0) is 14.2. The van der Waals surface area contributed by atoms with E-state index in [4.69, 9.17) is 38.2 Å². The first kappa shape index (κ1) is 16.4. The molecule has 1 aliphatic carbocycles. The van der Waals surface area contributed by atoms with Crippen LogP contribution in [0.1, 0.15) is 31.0 Å². The second kappa shape index (κ2) is 6.40. The van der Waals surface area contributed by atoms with Gasteiger partial charge in [0.15, 0.2) is 18.2 Å². The molecule has 1 heterocycles. The highest BCUT2D eigenvalue weighted by Crippen LogP contribution is 2.37. The number of hydrogen-bond donors (Lipinski definition) is 1. The van der Waals surface area contributed by atoms with Crippen LogP contribution in [-0.2, 0) is 12.1 Å². The summed E-state index contributed by atoms with van der Waals surface area (Å²) in [5, 5.41) is 4.78. The third-order valence-electron chi connectivity index (χ3n) is 3.42. The molecule has 0 radical (unpaired) electrons. The van der Waals surface area contributed by atoms with Gasteiger partial charge >= 0.3 is 0 Å². The van der Waals surface area contributed by atoms with E-state index in [0.29, 0.717) is 27.5 Å². The molecule has 8 heteroatoms. The topological polar surface area (TPSA) is 74.2 Å². The van der Waals surface area contributed by atoms with Crippen molar-refractivity contribution in [3.63, 3.8) is 0 Å². The molecule has 1 fully saturated rings. The zero-order valence-electron chi connectivity index (χ0n) is 11.0. The highest BCUT2D eigenvalue weighted by Gasteiger charge is 2.39. The predicted molar refractivity (Wildman–Crippen MR) is 82.1 cm³/mol. The summed E-state index contributed by atoms with van der Waals surface area (Å²) in [6.07, 6.45) is 2.85. The minimum atomic E-state index is -0.441. The molecule has 0 atom stereocenters. The Morgan fingerprint density at radius 3 is 2.52 bits per heavy atom. The van der Waals surface area contributed by atoms with Gasteiger partial charge in [-0.1, -0.05) is 34.4 Å². The first-order valence-electron chi connectivity index (χ1n) is 6.27. The summed E-state index contributed by atoms with van der Waals surface area (Å²) in [5.74, 6) is 1.29. The van der Waals surface area contributed by atoms with Crippen molar-refractivity contribution >= 4 is 35.6 Å². The van der Waals surface area contributed by atoms with E-state index in [2.05, 4.69) is 10.1 Å². The van der Waals surface area contributed by atoms with Crippen molar-refractivity contribution in [1.29, 1.82) is 0 Å². The Hall–Kier alpha value is -1.01. The molecule has 0 unspecified atom stereocenters. The highest BCUT2D eigenvalue weighted by molar-refractivity contribution is 6.37. The van der Waals surface area contributed by atoms with Gasteiger partial charge in [-0.3, -0.25) is 0 Å². The van der Waals surface area contributed by atoms with Gasteiger partial charge in [-0.15, -0.1) is 12.4 Å². The van der Waals surface area contributed by atoms with E-state index >= 15 is 0 Å². The zero-order valence-corrected chi connectivity index (χ0v) is 13.3. The maximum Gasteiger partial charge on any atom is 0.264 e. The number of benzene rings is 1. The number of ether oxygens (including phenoxy) is 1. The number of aromatic nitrogens is 2. The van der Waals surface area contributed by atoms with Gasteiger partial charge in [-0.25, -0.2) is 0 Å². The van der Waals surface area contributed by atoms with Gasteiger partial charge in [0.25, 0.3) is 5.89 Å². The van der Waals surface area contributed by atoms with Gasteiger partial charge in [0.2, 0.25) is 0 Å². The van der Waals surface area contributed by atoms with Crippen molar-refractivity contribution in [2.75, 3.05) is 0 Å². The Labute approximate surface area is 138 Å². The maximum absolute atomic E-state index is 6.12. The summed E-state index contributed by atoms with van der Waals surface area (Å²) in [6.45, 7) is 0.104. The molecule has 2 N–H and O–H groups in total. The Balaban J connectivity index is 0.00000161. The van der Waals surface area contributed by atoms with Crippen molar-refractivity contribution in [3.8, 4) is 5.75 Å². The molecule has 1 saturated carbocycles. The normalized spacial score (nSPS) is 16.0. The lowest BCUT2D eigenvalue weighted by Crippen LogP contribution is -2.44. The van der Waals surface area contributed by atoms with Crippen LogP contribution in [0.3, 0.4) is 0 Å². The van der Waals surface area contributed by atoms with Crippen LogP contribution in [0.4, 0.5) is 0 Å². The average Bonchev–Trinajstić information content (AvgIpc) is 2.84. The second-order valence-corrected chi connectivity index (χ2v) is 5.68. The molecule has 3 rings (SSSR count). The summed E-state index contributed by atoms with van der Waals surface area (Å²) >= 11 is 12.0. The third kappa shape index (κ3) is 3.26. The number of halogens is 3. The van der Waals surface area contributed by atoms with Crippen LogP contribution in [0, 0.1) is 0 Å². The van der Waals surface area contributed by atoms with E-state index in [1.54, 1.807) is 18.2 Å². The fraction of sp³-hybridized carbons (Fsp3) is 0.385. The molecule has 1 aromatic heterocycles. The van der Waals surface area contributed by atoms with E-state index in [-0.39, 0.29) is 19.0 Å². The molecule has 0 saturated heterocycles. The molecule has 114 valence electrons. The van der Waals surface area contributed by atoms with Crippen molar-refractivity contribution < 1.29 is 9.26 Å². The molecule has 0 aliphatic heterocycles. The number of para-hydroxylation sites is 1. The molecule has 0 spiro atoms. The van der Waals surface area contributed by atoms with Crippen molar-refractivity contribution in [2.45, 2.75) is 31.4 Å². The van der Waals surface area contributed by atoms with Gasteiger partial charge in [-0.2, -0.15) is 4.98 Å². The van der Waals surface area contributed by atoms with Gasteiger partial charge in [0.1, 0.15) is 0 Å². The van der Waals surface area contributed by atoms with Crippen LogP contribution in [0.15, 0.2) is 22.7 Å². The van der Waals surface area contributed by atoms with Crippen molar-refractivity contribution in [2.24, 2.45) is 5.73 Å². The van der Waals surface area contributed by atoms with Crippen LogP contribution >= 0.6 is 35.6 Å². The first-order valence-corrected chi connectivity index (χ1v) is 7.03. The average molecular weight is 351 g/mol. The summed E-state index contributed by atoms with van der Waals surface area (Å²) in [4.78, 5) is 4.26. The Bertz CT molecular complexity index is 609. The summed E-state index contributed by atoms with van der Waals surface area (Å²) in [5.41, 5.74) is 5.68. The molecule has 0 amide bonds. The Morgan fingerprint density at radius 1 is 1.29 bits per heavy atom. The van der Waals surface area contributed by atoms with Gasteiger partial charge in [-0.05, 0) is 31.4 Å². The molecule has 2 aromatic rings. The monoisotopic (exact) mass is 349 g/mol. The van der Waals surface area contributed by atoms with Crippen molar-refractivity contribution in [3.05, 3.63) is 40.0 Å². The summed E-state index contributed by atoms with van der Waals surface area (Å²) < 4.78 is 10.7. The van der Waals surface area contributed by atoms with Crippen molar-refractivity contribution in [1.82, 2.24) is 10.1 Å². The lowest BCUT2D eigenvalue weighted by atomic mass is 9.77. The molecule has 1 aliphatic rings. The third-order valence-corrected chi connectivity index (χ3v) is 4.01. The minimum Gasteiger partial charge on any atom is -0.481 e. The Morgan fingerprint density at radius 2 is 1.95 bits per heavy atom. The SMILES string of the molecule is Cl.NC1(c2noc(COc3c(Cl)cccc3Cl)n2)CCC1. The number of nitrogens with zero attached hydrogens (tertiary/aromatic N) is 2. The van der Waals surface area contributed by atoms with E-state index in [1.165, 1.54) is 0 Å².